The Hall–Kier alpha value is -3.73. The first kappa shape index (κ1) is 18.3. The van der Waals surface area contributed by atoms with Gasteiger partial charge < -0.3 is 4.74 Å². The summed E-state index contributed by atoms with van der Waals surface area (Å²) in [5.41, 5.74) is 5.64. The van der Waals surface area contributed by atoms with Crippen LogP contribution < -0.4 is 4.74 Å². The molecule has 3 aromatic carbocycles. The highest BCUT2D eigenvalue weighted by Gasteiger charge is 2.28. The van der Waals surface area contributed by atoms with Gasteiger partial charge in [-0.25, -0.2) is 8.78 Å². The maximum atomic E-state index is 14.2. The maximum absolute atomic E-state index is 14.2. The van der Waals surface area contributed by atoms with E-state index < -0.39 is 11.6 Å². The van der Waals surface area contributed by atoms with Crippen molar-refractivity contribution in [2.75, 3.05) is 0 Å². The van der Waals surface area contributed by atoms with Crippen LogP contribution in [-0.2, 0) is 7.05 Å². The zero-order valence-electron chi connectivity index (χ0n) is 16.5. The smallest absolute Gasteiger partial charge is 0.159 e. The van der Waals surface area contributed by atoms with Crippen LogP contribution in [0.15, 0.2) is 72.9 Å². The van der Waals surface area contributed by atoms with Crippen molar-refractivity contribution >= 4 is 11.3 Å². The molecule has 0 saturated heterocycles. The third-order valence-electron chi connectivity index (χ3n) is 5.20. The Morgan fingerprint density at radius 1 is 0.867 bits per heavy atom. The Kier molecular flexibility index (Phi) is 4.24. The fourth-order valence-electron chi connectivity index (χ4n) is 3.76. The molecule has 1 aliphatic rings. The molecule has 30 heavy (non-hydrogen) atoms. The van der Waals surface area contributed by atoms with E-state index in [0.29, 0.717) is 22.6 Å². The molecule has 0 bridgehead atoms. The first-order chi connectivity index (χ1) is 14.5. The summed E-state index contributed by atoms with van der Waals surface area (Å²) in [4.78, 5) is 0. The minimum atomic E-state index is -0.902. The van der Waals surface area contributed by atoms with E-state index in [1.807, 2.05) is 68.7 Å². The SMILES string of the molecule is Cc1ccc(C(=C2Oc3ccccc3-c3nn(C)cc32)c2ccc(F)c(F)c2)cc1. The molecular weight excluding hydrogens is 382 g/mol. The second kappa shape index (κ2) is 6.95. The molecule has 1 aromatic heterocycles. The van der Waals surface area contributed by atoms with Gasteiger partial charge in [0.2, 0.25) is 0 Å². The van der Waals surface area contributed by atoms with Crippen molar-refractivity contribution in [2.24, 2.45) is 7.05 Å². The standard InChI is InChI=1S/C25H18F2N2O/c1-15-7-9-16(10-8-15)23(17-11-12-20(26)21(27)13-17)25-19-14-29(2)28-24(19)18-5-3-4-6-22(18)30-25/h3-14H,1-2H3. The molecule has 4 aromatic rings. The number of benzene rings is 3. The molecule has 0 aliphatic carbocycles. The Morgan fingerprint density at radius 2 is 1.60 bits per heavy atom. The van der Waals surface area contributed by atoms with E-state index in [2.05, 4.69) is 5.10 Å². The lowest BCUT2D eigenvalue weighted by molar-refractivity contribution is 0.507. The van der Waals surface area contributed by atoms with Crippen molar-refractivity contribution in [1.29, 1.82) is 0 Å². The van der Waals surface area contributed by atoms with Crippen LogP contribution >= 0.6 is 0 Å². The van der Waals surface area contributed by atoms with Gasteiger partial charge in [-0.1, -0.05) is 48.0 Å². The number of fused-ring (bicyclic) bond motifs is 3. The molecule has 0 N–H and O–H groups in total. The number of nitrogens with zero attached hydrogens (tertiary/aromatic N) is 2. The third kappa shape index (κ3) is 2.99. The second-order valence-corrected chi connectivity index (χ2v) is 7.36. The number of hydrogen-bond acceptors (Lipinski definition) is 2. The molecule has 3 nitrogen and oxygen atoms in total. The molecule has 0 radical (unpaired) electrons. The third-order valence-corrected chi connectivity index (χ3v) is 5.20. The summed E-state index contributed by atoms with van der Waals surface area (Å²) in [7, 11) is 1.85. The molecule has 0 spiro atoms. The highest BCUT2D eigenvalue weighted by atomic mass is 19.2. The molecule has 2 heterocycles. The average Bonchev–Trinajstić information content (AvgIpc) is 3.14. The zero-order valence-corrected chi connectivity index (χ0v) is 16.5. The van der Waals surface area contributed by atoms with Gasteiger partial charge in [-0.05, 0) is 42.3 Å². The second-order valence-electron chi connectivity index (χ2n) is 7.36. The van der Waals surface area contributed by atoms with Gasteiger partial charge in [0.25, 0.3) is 0 Å². The lowest BCUT2D eigenvalue weighted by Crippen LogP contribution is -2.07. The fourth-order valence-corrected chi connectivity index (χ4v) is 3.76. The van der Waals surface area contributed by atoms with Crippen LogP contribution in [-0.4, -0.2) is 9.78 Å². The van der Waals surface area contributed by atoms with Crippen LogP contribution in [0, 0.1) is 18.6 Å². The Bertz CT molecular complexity index is 1300. The van der Waals surface area contributed by atoms with Crippen molar-refractivity contribution in [1.82, 2.24) is 9.78 Å². The van der Waals surface area contributed by atoms with Gasteiger partial charge in [0.05, 0.1) is 5.56 Å². The molecule has 148 valence electrons. The predicted octanol–water partition coefficient (Wildman–Crippen LogP) is 5.98. The molecule has 0 atom stereocenters. The molecule has 0 fully saturated rings. The molecular formula is C25H18F2N2O. The van der Waals surface area contributed by atoms with Gasteiger partial charge in [0.15, 0.2) is 11.6 Å². The summed E-state index contributed by atoms with van der Waals surface area (Å²) in [6, 6.07) is 19.5. The summed E-state index contributed by atoms with van der Waals surface area (Å²) in [5.74, 6) is -0.554. The lowest BCUT2D eigenvalue weighted by Gasteiger charge is -2.23. The minimum absolute atomic E-state index is 0.530. The lowest BCUT2D eigenvalue weighted by atomic mass is 9.91. The van der Waals surface area contributed by atoms with Crippen LogP contribution in [0.4, 0.5) is 8.78 Å². The number of aryl methyl sites for hydroxylation is 2. The summed E-state index contributed by atoms with van der Waals surface area (Å²) >= 11 is 0. The number of ether oxygens (including phenoxy) is 1. The number of aromatic nitrogens is 2. The van der Waals surface area contributed by atoms with E-state index >= 15 is 0 Å². The quantitative estimate of drug-likeness (QED) is 0.414. The maximum Gasteiger partial charge on any atom is 0.159 e. The highest BCUT2D eigenvalue weighted by molar-refractivity contribution is 6.01. The molecule has 5 rings (SSSR count). The fraction of sp³-hybridized carbons (Fsp3) is 0.0800. The number of para-hydroxylation sites is 1. The first-order valence-electron chi connectivity index (χ1n) is 9.59. The van der Waals surface area contributed by atoms with Gasteiger partial charge in [-0.2, -0.15) is 5.10 Å². The molecule has 5 heteroatoms. The van der Waals surface area contributed by atoms with Crippen LogP contribution in [0.25, 0.3) is 22.6 Å². The normalized spacial score (nSPS) is 14.0. The van der Waals surface area contributed by atoms with E-state index in [0.717, 1.165) is 34.0 Å². The Balaban J connectivity index is 1.84. The van der Waals surface area contributed by atoms with Gasteiger partial charge >= 0.3 is 0 Å². The summed E-state index contributed by atoms with van der Waals surface area (Å²) < 4.78 is 35.9. The van der Waals surface area contributed by atoms with Gasteiger partial charge in [0, 0.05) is 24.4 Å². The van der Waals surface area contributed by atoms with Crippen molar-refractivity contribution in [3.8, 4) is 17.0 Å². The van der Waals surface area contributed by atoms with Crippen LogP contribution in [0.5, 0.6) is 5.75 Å². The Morgan fingerprint density at radius 3 is 2.37 bits per heavy atom. The van der Waals surface area contributed by atoms with Crippen molar-refractivity contribution < 1.29 is 13.5 Å². The predicted molar refractivity (Wildman–Crippen MR) is 113 cm³/mol. The van der Waals surface area contributed by atoms with E-state index in [-0.39, 0.29) is 0 Å². The van der Waals surface area contributed by atoms with E-state index in [1.165, 1.54) is 6.07 Å². The van der Waals surface area contributed by atoms with E-state index in [9.17, 15) is 8.78 Å². The molecule has 1 aliphatic heterocycles. The van der Waals surface area contributed by atoms with Gasteiger partial charge in [0.1, 0.15) is 17.2 Å². The number of hydrogen-bond donors (Lipinski definition) is 0. The first-order valence-corrected chi connectivity index (χ1v) is 9.59. The monoisotopic (exact) mass is 400 g/mol. The summed E-state index contributed by atoms with van der Waals surface area (Å²) in [5, 5.41) is 4.63. The van der Waals surface area contributed by atoms with Crippen LogP contribution in [0.3, 0.4) is 0 Å². The van der Waals surface area contributed by atoms with Crippen molar-refractivity contribution in [2.45, 2.75) is 6.92 Å². The van der Waals surface area contributed by atoms with Gasteiger partial charge in [-0.3, -0.25) is 4.68 Å². The number of rotatable bonds is 2. The number of halogens is 2. The summed E-state index contributed by atoms with van der Waals surface area (Å²) in [6.45, 7) is 2.00. The topological polar surface area (TPSA) is 27.1 Å². The van der Waals surface area contributed by atoms with E-state index in [4.69, 9.17) is 4.74 Å². The van der Waals surface area contributed by atoms with Crippen molar-refractivity contribution in [3.63, 3.8) is 0 Å². The molecule has 0 saturated carbocycles. The van der Waals surface area contributed by atoms with Gasteiger partial charge in [-0.15, -0.1) is 0 Å². The molecule has 0 amide bonds. The van der Waals surface area contributed by atoms with Crippen LogP contribution in [0.1, 0.15) is 22.3 Å². The average molecular weight is 400 g/mol. The largest absolute Gasteiger partial charge is 0.455 e. The Labute approximate surface area is 172 Å². The van der Waals surface area contributed by atoms with E-state index in [1.54, 1.807) is 10.7 Å². The zero-order chi connectivity index (χ0) is 20.8. The highest BCUT2D eigenvalue weighted by Crippen LogP contribution is 2.45. The molecule has 0 unspecified atom stereocenters. The minimum Gasteiger partial charge on any atom is -0.455 e. The summed E-state index contributed by atoms with van der Waals surface area (Å²) in [6.07, 6.45) is 1.88. The van der Waals surface area contributed by atoms with Crippen molar-refractivity contribution in [3.05, 3.63) is 107 Å². The van der Waals surface area contributed by atoms with Crippen LogP contribution in [0.2, 0.25) is 0 Å².